The molecule has 20 heavy (non-hydrogen) atoms. The summed E-state index contributed by atoms with van der Waals surface area (Å²) in [5.74, 6) is 0.243. The van der Waals surface area contributed by atoms with E-state index in [1.807, 2.05) is 0 Å². The highest BCUT2D eigenvalue weighted by atomic mass is 35.5. The van der Waals surface area contributed by atoms with E-state index in [0.717, 1.165) is 0 Å². The molecule has 2 aromatic rings. The summed E-state index contributed by atoms with van der Waals surface area (Å²) in [5.41, 5.74) is -0.331. The third kappa shape index (κ3) is 3.86. The molecule has 0 unspecified atom stereocenters. The molecule has 6 heteroatoms. The van der Waals surface area contributed by atoms with Crippen LogP contribution >= 0.6 is 11.6 Å². The summed E-state index contributed by atoms with van der Waals surface area (Å²) in [7, 11) is 0. The van der Waals surface area contributed by atoms with Crippen molar-refractivity contribution in [2.45, 2.75) is 0 Å². The molecule has 1 heterocycles. The van der Waals surface area contributed by atoms with Crippen LogP contribution in [-0.2, 0) is 0 Å². The molecule has 0 aliphatic carbocycles. The van der Waals surface area contributed by atoms with Crippen LogP contribution in [0.2, 0.25) is 5.02 Å². The van der Waals surface area contributed by atoms with Gasteiger partial charge in [-0.05, 0) is 36.4 Å². The summed E-state index contributed by atoms with van der Waals surface area (Å²) in [6.45, 7) is 0.605. The van der Waals surface area contributed by atoms with Gasteiger partial charge < -0.3 is 15.0 Å². The zero-order chi connectivity index (χ0) is 14.4. The first-order valence-electron chi connectivity index (χ1n) is 6.01. The molecule has 5 nitrogen and oxygen atoms in total. The van der Waals surface area contributed by atoms with Gasteiger partial charge in [-0.3, -0.25) is 9.59 Å². The fourth-order valence-electron chi connectivity index (χ4n) is 1.56. The van der Waals surface area contributed by atoms with Crippen LogP contribution in [0.15, 0.2) is 47.4 Å². The van der Waals surface area contributed by atoms with Gasteiger partial charge in [-0.25, -0.2) is 0 Å². The number of aromatic nitrogens is 1. The quantitative estimate of drug-likeness (QED) is 0.826. The van der Waals surface area contributed by atoms with Gasteiger partial charge in [0.25, 0.3) is 11.5 Å². The van der Waals surface area contributed by atoms with Gasteiger partial charge in [0.15, 0.2) is 0 Å². The Bertz CT molecular complexity index is 637. The highest BCUT2D eigenvalue weighted by molar-refractivity contribution is 6.30. The smallest absolute Gasteiger partial charge is 0.260 e. The Balaban J connectivity index is 1.79. The molecule has 0 radical (unpaired) electrons. The largest absolute Gasteiger partial charge is 0.492 e. The number of amides is 1. The molecule has 0 aliphatic rings. The number of benzene rings is 1. The highest BCUT2D eigenvalue weighted by Crippen LogP contribution is 2.15. The Kier molecular flexibility index (Phi) is 4.79. The van der Waals surface area contributed by atoms with E-state index in [0.29, 0.717) is 23.9 Å². The van der Waals surface area contributed by atoms with Crippen LogP contribution in [0.5, 0.6) is 5.75 Å². The van der Waals surface area contributed by atoms with Gasteiger partial charge in [-0.2, -0.15) is 0 Å². The van der Waals surface area contributed by atoms with Gasteiger partial charge in [-0.15, -0.1) is 0 Å². The van der Waals surface area contributed by atoms with Crippen molar-refractivity contribution in [3.05, 3.63) is 63.5 Å². The number of rotatable bonds is 5. The fourth-order valence-corrected chi connectivity index (χ4v) is 1.69. The van der Waals surface area contributed by atoms with E-state index >= 15 is 0 Å². The van der Waals surface area contributed by atoms with Crippen molar-refractivity contribution in [2.24, 2.45) is 0 Å². The number of nitrogens with one attached hydrogen (secondary N) is 2. The van der Waals surface area contributed by atoms with Crippen molar-refractivity contribution in [3.63, 3.8) is 0 Å². The first-order chi connectivity index (χ1) is 9.66. The number of halogens is 1. The lowest BCUT2D eigenvalue weighted by atomic mass is 10.2. The Labute approximate surface area is 120 Å². The van der Waals surface area contributed by atoms with Gasteiger partial charge in [0.05, 0.1) is 6.54 Å². The molecular weight excluding hydrogens is 280 g/mol. The van der Waals surface area contributed by atoms with E-state index in [2.05, 4.69) is 10.3 Å². The number of carbonyl (C=O) groups excluding carboxylic acids is 1. The first-order valence-corrected chi connectivity index (χ1v) is 6.39. The Morgan fingerprint density at radius 2 is 2.00 bits per heavy atom. The molecule has 1 aromatic heterocycles. The summed E-state index contributed by atoms with van der Waals surface area (Å²) in [6, 6.07) is 9.99. The van der Waals surface area contributed by atoms with E-state index in [-0.39, 0.29) is 5.56 Å². The van der Waals surface area contributed by atoms with E-state index in [1.165, 1.54) is 12.3 Å². The molecule has 0 saturated heterocycles. The second kappa shape index (κ2) is 6.77. The third-order valence-electron chi connectivity index (χ3n) is 2.53. The molecule has 0 bridgehead atoms. The Hall–Kier alpha value is -2.27. The summed E-state index contributed by atoms with van der Waals surface area (Å²) >= 11 is 5.75. The van der Waals surface area contributed by atoms with Crippen LogP contribution < -0.4 is 15.6 Å². The van der Waals surface area contributed by atoms with Crippen LogP contribution in [0.25, 0.3) is 0 Å². The number of H-pyrrole nitrogens is 1. The minimum atomic E-state index is -0.424. The predicted molar refractivity (Wildman–Crippen MR) is 76.3 cm³/mol. The monoisotopic (exact) mass is 292 g/mol. The van der Waals surface area contributed by atoms with E-state index in [9.17, 15) is 9.59 Å². The summed E-state index contributed by atoms with van der Waals surface area (Å²) in [4.78, 5) is 25.5. The summed E-state index contributed by atoms with van der Waals surface area (Å²) in [6.07, 6.45) is 1.47. The van der Waals surface area contributed by atoms with Gasteiger partial charge in [-0.1, -0.05) is 11.6 Å². The van der Waals surface area contributed by atoms with Gasteiger partial charge in [0.1, 0.15) is 17.9 Å². The first kappa shape index (κ1) is 14.1. The van der Waals surface area contributed by atoms with Gasteiger partial charge in [0, 0.05) is 11.2 Å². The molecule has 2 N–H and O–H groups in total. The number of pyridine rings is 1. The molecule has 0 aliphatic heterocycles. The topological polar surface area (TPSA) is 71.2 Å². The summed E-state index contributed by atoms with van der Waals surface area (Å²) in [5, 5.41) is 3.24. The fraction of sp³-hybridized carbons (Fsp3) is 0.143. The molecule has 0 spiro atoms. The van der Waals surface area contributed by atoms with Crippen LogP contribution in [0, 0.1) is 0 Å². The van der Waals surface area contributed by atoms with Gasteiger partial charge >= 0.3 is 0 Å². The van der Waals surface area contributed by atoms with E-state index < -0.39 is 11.5 Å². The maximum absolute atomic E-state index is 11.7. The lowest BCUT2D eigenvalue weighted by molar-refractivity contribution is 0.0945. The average molecular weight is 293 g/mol. The summed E-state index contributed by atoms with van der Waals surface area (Å²) < 4.78 is 5.42. The van der Waals surface area contributed by atoms with E-state index in [1.54, 1.807) is 30.3 Å². The Morgan fingerprint density at radius 3 is 2.70 bits per heavy atom. The van der Waals surface area contributed by atoms with Crippen molar-refractivity contribution in [1.29, 1.82) is 0 Å². The maximum Gasteiger partial charge on any atom is 0.260 e. The van der Waals surface area contributed by atoms with Gasteiger partial charge in [0.2, 0.25) is 0 Å². The molecule has 0 fully saturated rings. The van der Waals surface area contributed by atoms with Crippen LogP contribution in [0.3, 0.4) is 0 Å². The number of aromatic amines is 1. The molecule has 1 aromatic carbocycles. The Morgan fingerprint density at radius 1 is 1.25 bits per heavy atom. The highest BCUT2D eigenvalue weighted by Gasteiger charge is 2.08. The minimum Gasteiger partial charge on any atom is -0.492 e. The van der Waals surface area contributed by atoms with Crippen LogP contribution in [-0.4, -0.2) is 24.0 Å². The molecule has 2 rings (SSSR count). The number of ether oxygens (including phenoxy) is 1. The standard InChI is InChI=1S/C14H13ClN2O3/c15-10-3-5-11(6-4-10)20-9-8-17-14(19)12-2-1-7-16-13(12)18/h1-7H,8-9H2,(H,16,18)(H,17,19). The molecule has 0 atom stereocenters. The molecule has 104 valence electrons. The molecule has 0 saturated carbocycles. The lowest BCUT2D eigenvalue weighted by Gasteiger charge is -2.07. The normalized spacial score (nSPS) is 10.1. The zero-order valence-electron chi connectivity index (χ0n) is 10.6. The SMILES string of the molecule is O=C(NCCOc1ccc(Cl)cc1)c1ccc[nH]c1=O. The van der Waals surface area contributed by atoms with Crippen LogP contribution in [0.1, 0.15) is 10.4 Å². The maximum atomic E-state index is 11.7. The second-order valence-corrected chi connectivity index (χ2v) is 4.41. The number of carbonyl (C=O) groups is 1. The van der Waals surface area contributed by atoms with Crippen LogP contribution in [0.4, 0.5) is 0 Å². The third-order valence-corrected chi connectivity index (χ3v) is 2.78. The molecular formula is C14H13ClN2O3. The average Bonchev–Trinajstić information content (AvgIpc) is 2.46. The van der Waals surface area contributed by atoms with Crippen molar-refractivity contribution < 1.29 is 9.53 Å². The number of hydrogen-bond acceptors (Lipinski definition) is 3. The zero-order valence-corrected chi connectivity index (χ0v) is 11.3. The predicted octanol–water partition coefficient (Wildman–Crippen LogP) is 1.84. The second-order valence-electron chi connectivity index (χ2n) is 3.97. The van der Waals surface area contributed by atoms with Crippen molar-refractivity contribution in [3.8, 4) is 5.75 Å². The molecule has 1 amide bonds. The number of hydrogen-bond donors (Lipinski definition) is 2. The van der Waals surface area contributed by atoms with Crippen molar-refractivity contribution in [1.82, 2.24) is 10.3 Å². The minimum absolute atomic E-state index is 0.0824. The lowest BCUT2D eigenvalue weighted by Crippen LogP contribution is -2.32. The van der Waals surface area contributed by atoms with Crippen molar-refractivity contribution >= 4 is 17.5 Å². The van der Waals surface area contributed by atoms with Crippen molar-refractivity contribution in [2.75, 3.05) is 13.2 Å². The van der Waals surface area contributed by atoms with E-state index in [4.69, 9.17) is 16.3 Å².